The fraction of sp³-hybridized carbons (Fsp3) is 0.909. The summed E-state index contributed by atoms with van der Waals surface area (Å²) in [6.07, 6.45) is 0. The van der Waals surface area contributed by atoms with E-state index in [0.29, 0.717) is 0 Å². The van der Waals surface area contributed by atoms with Gasteiger partial charge in [-0.1, -0.05) is 41.5 Å². The molecule has 0 bridgehead atoms. The van der Waals surface area contributed by atoms with Crippen molar-refractivity contribution in [1.29, 1.82) is 0 Å². The molecule has 0 spiro atoms. The summed E-state index contributed by atoms with van der Waals surface area (Å²) < 4.78 is 5.76. The molecule has 0 saturated heterocycles. The Bertz CT molecular complexity index is 237. The van der Waals surface area contributed by atoms with E-state index in [2.05, 4.69) is 20.8 Å². The van der Waals surface area contributed by atoms with E-state index in [9.17, 15) is 9.90 Å². The van der Waals surface area contributed by atoms with E-state index in [1.165, 1.54) is 0 Å². The van der Waals surface area contributed by atoms with Crippen molar-refractivity contribution in [3.63, 3.8) is 0 Å². The Morgan fingerprint density at radius 2 is 1.47 bits per heavy atom. The third kappa shape index (κ3) is 3.95. The van der Waals surface area contributed by atoms with Crippen molar-refractivity contribution < 1.29 is 14.3 Å². The van der Waals surface area contributed by atoms with Crippen LogP contribution in [0.25, 0.3) is 0 Å². The van der Waals surface area contributed by atoms with Gasteiger partial charge in [0.15, 0.2) is 15.4 Å². The minimum atomic E-state index is -1.08. The molecule has 0 saturated carbocycles. The summed E-state index contributed by atoms with van der Waals surface area (Å²) in [6, 6.07) is 0. The minimum Gasteiger partial charge on any atom is -0.479 e. The molecule has 0 aliphatic rings. The van der Waals surface area contributed by atoms with Crippen LogP contribution in [0.4, 0.5) is 0 Å². The number of carboxylic acid groups (broad SMARTS) is 1. The maximum absolute atomic E-state index is 11.3. The van der Waals surface area contributed by atoms with Crippen molar-refractivity contribution in [2.45, 2.75) is 59.1 Å². The number of aliphatic carboxylic acids is 1. The van der Waals surface area contributed by atoms with Crippen LogP contribution < -0.4 is 0 Å². The van der Waals surface area contributed by atoms with Crippen LogP contribution in [0, 0.1) is 5.41 Å². The second-order valence-electron chi connectivity index (χ2n) is 6.44. The lowest BCUT2D eigenvalue weighted by molar-refractivity contribution is -0.164. The molecule has 15 heavy (non-hydrogen) atoms. The molecule has 0 fully saturated rings. The molecule has 4 heteroatoms. The SMILES string of the molecule is CC(C)(C)[SiH2]O[C@](C)(C(=O)O)C(C)(C)C. The molecule has 0 rings (SSSR count). The number of rotatable bonds is 3. The Hall–Kier alpha value is -0.353. The molecule has 90 valence electrons. The largest absolute Gasteiger partial charge is 0.479 e. The molecule has 0 aromatic heterocycles. The van der Waals surface area contributed by atoms with Crippen LogP contribution in [0.1, 0.15) is 48.5 Å². The van der Waals surface area contributed by atoms with E-state index in [-0.39, 0.29) is 5.04 Å². The zero-order chi connectivity index (χ0) is 12.5. The second-order valence-corrected chi connectivity index (χ2v) is 9.14. The fourth-order valence-corrected chi connectivity index (χ4v) is 2.24. The Morgan fingerprint density at radius 3 is 1.67 bits per heavy atom. The molecule has 1 atom stereocenters. The minimum absolute atomic E-state index is 0.113. The van der Waals surface area contributed by atoms with Crippen LogP contribution in [-0.2, 0) is 9.22 Å². The summed E-state index contributed by atoms with van der Waals surface area (Å²) in [7, 11) is -0.858. The molecule has 0 amide bonds. The van der Waals surface area contributed by atoms with E-state index in [0.717, 1.165) is 0 Å². The van der Waals surface area contributed by atoms with Crippen LogP contribution in [0.2, 0.25) is 5.04 Å². The summed E-state index contributed by atoms with van der Waals surface area (Å²) in [5.74, 6) is -0.869. The first-order chi connectivity index (χ1) is 6.40. The Labute approximate surface area is 95.2 Å². The third-order valence-electron chi connectivity index (χ3n) is 2.63. The van der Waals surface area contributed by atoms with E-state index in [1.54, 1.807) is 6.92 Å². The Morgan fingerprint density at radius 1 is 1.07 bits per heavy atom. The smallest absolute Gasteiger partial charge is 0.335 e. The topological polar surface area (TPSA) is 46.5 Å². The van der Waals surface area contributed by atoms with Crippen LogP contribution in [0.3, 0.4) is 0 Å². The zero-order valence-electron chi connectivity index (χ0n) is 11.0. The summed E-state index contributed by atoms with van der Waals surface area (Å²) in [5, 5.41) is 9.38. The van der Waals surface area contributed by atoms with Gasteiger partial charge < -0.3 is 9.53 Å². The first-order valence-electron chi connectivity index (χ1n) is 5.27. The van der Waals surface area contributed by atoms with E-state index in [1.807, 2.05) is 20.8 Å². The fourth-order valence-electron chi connectivity index (χ4n) is 0.960. The molecular formula is C11H24O3Si. The van der Waals surface area contributed by atoms with Gasteiger partial charge in [-0.25, -0.2) is 4.79 Å². The van der Waals surface area contributed by atoms with Gasteiger partial charge in [0, 0.05) is 5.41 Å². The average Bonchev–Trinajstić information content (AvgIpc) is 1.95. The molecule has 0 aromatic rings. The first-order valence-corrected chi connectivity index (χ1v) is 6.56. The predicted molar refractivity (Wildman–Crippen MR) is 64.8 cm³/mol. The standard InChI is InChI=1S/C11H24O3Si/c1-9(2,3)11(7,8(12)13)14-15-10(4,5)6/h15H2,1-7H3,(H,12,13)/t11-/m1/s1. The number of hydrogen-bond donors (Lipinski definition) is 1. The molecule has 0 unspecified atom stereocenters. The lowest BCUT2D eigenvalue weighted by atomic mass is 9.78. The molecule has 0 heterocycles. The van der Waals surface area contributed by atoms with Gasteiger partial charge in [0.1, 0.15) is 0 Å². The lowest BCUT2D eigenvalue weighted by Crippen LogP contribution is -2.51. The molecular weight excluding hydrogens is 208 g/mol. The predicted octanol–water partition coefficient (Wildman–Crippen LogP) is 2.19. The van der Waals surface area contributed by atoms with Crippen molar-refractivity contribution >= 4 is 15.7 Å². The average molecular weight is 232 g/mol. The van der Waals surface area contributed by atoms with E-state index < -0.39 is 26.7 Å². The molecule has 0 radical (unpaired) electrons. The highest BCUT2D eigenvalue weighted by atomic mass is 28.2. The van der Waals surface area contributed by atoms with Crippen LogP contribution in [0.5, 0.6) is 0 Å². The van der Waals surface area contributed by atoms with Gasteiger partial charge >= 0.3 is 5.97 Å². The maximum atomic E-state index is 11.3. The molecule has 0 aromatic carbocycles. The van der Waals surface area contributed by atoms with Crippen molar-refractivity contribution in [1.82, 2.24) is 0 Å². The van der Waals surface area contributed by atoms with Gasteiger partial charge in [-0.15, -0.1) is 0 Å². The van der Waals surface area contributed by atoms with Gasteiger partial charge in [0.25, 0.3) is 0 Å². The number of carbonyl (C=O) groups is 1. The van der Waals surface area contributed by atoms with Crippen LogP contribution in [0.15, 0.2) is 0 Å². The molecule has 0 aliphatic heterocycles. The summed E-state index contributed by atoms with van der Waals surface area (Å²) in [6.45, 7) is 13.6. The van der Waals surface area contributed by atoms with E-state index in [4.69, 9.17) is 4.43 Å². The molecule has 0 aliphatic carbocycles. The van der Waals surface area contributed by atoms with Crippen molar-refractivity contribution in [3.05, 3.63) is 0 Å². The monoisotopic (exact) mass is 232 g/mol. The number of carboxylic acids is 1. The number of hydrogen-bond acceptors (Lipinski definition) is 2. The van der Waals surface area contributed by atoms with Crippen LogP contribution in [-0.4, -0.2) is 26.4 Å². The van der Waals surface area contributed by atoms with Crippen LogP contribution >= 0.6 is 0 Å². The van der Waals surface area contributed by atoms with Crippen molar-refractivity contribution in [3.8, 4) is 0 Å². The third-order valence-corrected chi connectivity index (χ3v) is 4.22. The lowest BCUT2D eigenvalue weighted by Gasteiger charge is -2.39. The molecule has 1 N–H and O–H groups in total. The quantitative estimate of drug-likeness (QED) is 0.759. The first kappa shape index (κ1) is 14.6. The van der Waals surface area contributed by atoms with Gasteiger partial charge in [-0.3, -0.25) is 0 Å². The highest BCUT2D eigenvalue weighted by Crippen LogP contribution is 2.35. The van der Waals surface area contributed by atoms with Gasteiger partial charge in [0.05, 0.1) is 0 Å². The highest BCUT2D eigenvalue weighted by Gasteiger charge is 2.45. The van der Waals surface area contributed by atoms with Gasteiger partial charge in [-0.2, -0.15) is 0 Å². The van der Waals surface area contributed by atoms with E-state index >= 15 is 0 Å². The normalized spacial score (nSPS) is 18.1. The maximum Gasteiger partial charge on any atom is 0.335 e. The second kappa shape index (κ2) is 4.26. The van der Waals surface area contributed by atoms with Crippen molar-refractivity contribution in [2.75, 3.05) is 0 Å². The summed E-state index contributed by atoms with van der Waals surface area (Å²) >= 11 is 0. The highest BCUT2D eigenvalue weighted by molar-refractivity contribution is 6.32. The Balaban J connectivity index is 4.78. The summed E-state index contributed by atoms with van der Waals surface area (Å²) in [4.78, 5) is 11.3. The van der Waals surface area contributed by atoms with Gasteiger partial charge in [0.2, 0.25) is 0 Å². The molecule has 3 nitrogen and oxygen atoms in total. The van der Waals surface area contributed by atoms with Gasteiger partial charge in [-0.05, 0) is 12.0 Å². The zero-order valence-corrected chi connectivity index (χ0v) is 12.4. The van der Waals surface area contributed by atoms with Crippen molar-refractivity contribution in [2.24, 2.45) is 5.41 Å². The Kier molecular flexibility index (Phi) is 4.16. The summed E-state index contributed by atoms with van der Waals surface area (Å²) in [5.41, 5.74) is -1.47.